The Hall–Kier alpha value is -4.10. The molecule has 0 saturated heterocycles. The largest absolute Gasteiger partial charge is 0.423 e. The first-order valence-corrected chi connectivity index (χ1v) is 11.1. The Morgan fingerprint density at radius 2 is 1.59 bits per heavy atom. The zero-order valence-electron chi connectivity index (χ0n) is 19.2. The van der Waals surface area contributed by atoms with Gasteiger partial charge in [-0.05, 0) is 49.1 Å². The van der Waals surface area contributed by atoms with E-state index in [9.17, 15) is 4.79 Å². The van der Waals surface area contributed by atoms with E-state index < -0.39 is 6.04 Å². The van der Waals surface area contributed by atoms with Crippen molar-refractivity contribution in [2.75, 3.05) is 11.9 Å². The zero-order valence-corrected chi connectivity index (χ0v) is 19.2. The number of carbonyl (C=O) groups excluding carboxylic acids is 1. The van der Waals surface area contributed by atoms with E-state index >= 15 is 0 Å². The Kier molecular flexibility index (Phi) is 7.57. The van der Waals surface area contributed by atoms with Gasteiger partial charge < -0.3 is 15.4 Å². The van der Waals surface area contributed by atoms with Gasteiger partial charge in [-0.15, -0.1) is 0 Å². The minimum atomic E-state index is -0.509. The van der Waals surface area contributed by atoms with Crippen LogP contribution in [-0.2, 0) is 11.2 Å². The average molecular weight is 454 g/mol. The van der Waals surface area contributed by atoms with Crippen LogP contribution in [0.5, 0.6) is 11.8 Å². The topological polar surface area (TPSA) is 89.0 Å². The summed E-state index contributed by atoms with van der Waals surface area (Å²) in [6, 6.07) is 21.2. The molecule has 1 amide bonds. The summed E-state index contributed by atoms with van der Waals surface area (Å²) in [4.78, 5) is 25.7. The number of amides is 1. The highest BCUT2D eigenvalue weighted by atomic mass is 16.5. The normalized spacial score (nSPS) is 11.6. The van der Waals surface area contributed by atoms with Gasteiger partial charge >= 0.3 is 6.01 Å². The molecule has 7 heteroatoms. The molecule has 0 saturated carbocycles. The predicted octanol–water partition coefficient (Wildman–Crippen LogP) is 4.79. The standard InChI is InChI=1S/C27H27N5O2/c1-19-8-10-21(11-9-19)14-15-28-25(22-6-4-3-5-7-22)26(33)32-24-13-12-23(18-29-24)34-27-30-16-20(2)17-31-27/h3-13,16-18,25,28H,14-15H2,1-2H3,(H,29,32,33)/t25-/m0/s1. The van der Waals surface area contributed by atoms with Gasteiger partial charge in [-0.1, -0.05) is 60.2 Å². The molecule has 2 aromatic carbocycles. The second-order valence-corrected chi connectivity index (χ2v) is 8.05. The van der Waals surface area contributed by atoms with E-state index in [0.29, 0.717) is 18.1 Å². The lowest BCUT2D eigenvalue weighted by molar-refractivity contribution is -0.118. The molecule has 2 heterocycles. The van der Waals surface area contributed by atoms with Crippen LogP contribution < -0.4 is 15.4 Å². The molecule has 0 radical (unpaired) electrons. The fourth-order valence-electron chi connectivity index (χ4n) is 3.37. The number of benzene rings is 2. The van der Waals surface area contributed by atoms with E-state index in [0.717, 1.165) is 17.5 Å². The highest BCUT2D eigenvalue weighted by Crippen LogP contribution is 2.20. The molecule has 0 unspecified atom stereocenters. The Balaban J connectivity index is 1.39. The maximum absolute atomic E-state index is 13.1. The van der Waals surface area contributed by atoms with Gasteiger partial charge in [0.25, 0.3) is 0 Å². The fourth-order valence-corrected chi connectivity index (χ4v) is 3.37. The molecule has 0 bridgehead atoms. The van der Waals surface area contributed by atoms with Crippen LogP contribution in [0, 0.1) is 13.8 Å². The monoisotopic (exact) mass is 453 g/mol. The molecule has 4 aromatic rings. The molecule has 2 aromatic heterocycles. The summed E-state index contributed by atoms with van der Waals surface area (Å²) in [5, 5.41) is 6.28. The minimum Gasteiger partial charge on any atom is -0.423 e. The molecule has 2 N–H and O–H groups in total. The number of hydrogen-bond acceptors (Lipinski definition) is 6. The molecule has 0 aliphatic rings. The zero-order chi connectivity index (χ0) is 23.8. The molecule has 0 aliphatic heterocycles. The minimum absolute atomic E-state index is 0.182. The lowest BCUT2D eigenvalue weighted by atomic mass is 10.1. The van der Waals surface area contributed by atoms with Crippen molar-refractivity contribution in [3.63, 3.8) is 0 Å². The van der Waals surface area contributed by atoms with Crippen molar-refractivity contribution in [3.8, 4) is 11.8 Å². The van der Waals surface area contributed by atoms with Crippen molar-refractivity contribution in [2.45, 2.75) is 26.3 Å². The number of ether oxygens (including phenoxy) is 1. The second-order valence-electron chi connectivity index (χ2n) is 8.05. The number of aromatic nitrogens is 3. The van der Waals surface area contributed by atoms with Gasteiger partial charge in [0, 0.05) is 18.9 Å². The maximum atomic E-state index is 13.1. The van der Waals surface area contributed by atoms with E-state index in [1.54, 1.807) is 24.5 Å². The summed E-state index contributed by atoms with van der Waals surface area (Å²) >= 11 is 0. The van der Waals surface area contributed by atoms with Crippen molar-refractivity contribution < 1.29 is 9.53 Å². The summed E-state index contributed by atoms with van der Waals surface area (Å²) in [6.07, 6.45) is 5.71. The molecule has 34 heavy (non-hydrogen) atoms. The van der Waals surface area contributed by atoms with E-state index in [2.05, 4.69) is 56.8 Å². The summed E-state index contributed by atoms with van der Waals surface area (Å²) in [7, 11) is 0. The van der Waals surface area contributed by atoms with Gasteiger partial charge in [0.05, 0.1) is 6.20 Å². The number of aryl methyl sites for hydroxylation is 2. The Morgan fingerprint density at radius 1 is 0.853 bits per heavy atom. The van der Waals surface area contributed by atoms with Gasteiger partial charge in [0.1, 0.15) is 17.6 Å². The van der Waals surface area contributed by atoms with Crippen molar-refractivity contribution >= 4 is 11.7 Å². The average Bonchev–Trinajstić information content (AvgIpc) is 2.86. The number of pyridine rings is 1. The Labute approximate surface area is 199 Å². The molecular weight excluding hydrogens is 426 g/mol. The molecule has 7 nitrogen and oxygen atoms in total. The third-order valence-electron chi connectivity index (χ3n) is 5.23. The lowest BCUT2D eigenvalue weighted by Gasteiger charge is -2.19. The first kappa shape index (κ1) is 23.1. The Bertz CT molecular complexity index is 1190. The number of nitrogens with zero attached hydrogens (tertiary/aromatic N) is 3. The molecule has 0 fully saturated rings. The van der Waals surface area contributed by atoms with E-state index in [4.69, 9.17) is 4.74 Å². The number of nitrogens with one attached hydrogen (secondary N) is 2. The number of hydrogen-bond donors (Lipinski definition) is 2. The predicted molar refractivity (Wildman–Crippen MR) is 132 cm³/mol. The number of carbonyl (C=O) groups is 1. The maximum Gasteiger partial charge on any atom is 0.321 e. The fraction of sp³-hybridized carbons (Fsp3) is 0.185. The SMILES string of the molecule is Cc1ccc(CCN[C@H](C(=O)Nc2ccc(Oc3ncc(C)cn3)cn2)c2ccccc2)cc1. The summed E-state index contributed by atoms with van der Waals surface area (Å²) in [5.41, 5.74) is 4.29. The van der Waals surface area contributed by atoms with Gasteiger partial charge in [-0.3, -0.25) is 4.79 Å². The highest BCUT2D eigenvalue weighted by Gasteiger charge is 2.20. The van der Waals surface area contributed by atoms with Crippen LogP contribution in [0.15, 0.2) is 85.3 Å². The summed E-state index contributed by atoms with van der Waals surface area (Å²) in [6.45, 7) is 4.64. The lowest BCUT2D eigenvalue weighted by Crippen LogP contribution is -2.34. The van der Waals surface area contributed by atoms with E-state index in [-0.39, 0.29) is 11.9 Å². The summed E-state index contributed by atoms with van der Waals surface area (Å²) < 4.78 is 5.60. The highest BCUT2D eigenvalue weighted by molar-refractivity contribution is 5.94. The van der Waals surface area contributed by atoms with Crippen LogP contribution in [-0.4, -0.2) is 27.4 Å². The van der Waals surface area contributed by atoms with Crippen molar-refractivity contribution in [1.29, 1.82) is 0 Å². The molecule has 172 valence electrons. The van der Waals surface area contributed by atoms with Crippen LogP contribution in [0.1, 0.15) is 28.3 Å². The van der Waals surface area contributed by atoms with Crippen molar-refractivity contribution in [1.82, 2.24) is 20.3 Å². The number of anilines is 1. The first-order chi connectivity index (χ1) is 16.6. The smallest absolute Gasteiger partial charge is 0.321 e. The number of rotatable bonds is 9. The summed E-state index contributed by atoms with van der Waals surface area (Å²) in [5.74, 6) is 0.735. The Morgan fingerprint density at radius 3 is 2.26 bits per heavy atom. The van der Waals surface area contributed by atoms with Crippen molar-refractivity contribution in [2.24, 2.45) is 0 Å². The van der Waals surface area contributed by atoms with Gasteiger partial charge in [0.2, 0.25) is 5.91 Å². The molecule has 1 atom stereocenters. The van der Waals surface area contributed by atoms with Crippen LogP contribution in [0.4, 0.5) is 5.82 Å². The molecule has 0 aliphatic carbocycles. The van der Waals surface area contributed by atoms with Crippen LogP contribution in [0.3, 0.4) is 0 Å². The third kappa shape index (κ3) is 6.46. The van der Waals surface area contributed by atoms with Crippen LogP contribution >= 0.6 is 0 Å². The van der Waals surface area contributed by atoms with Gasteiger partial charge in [0.15, 0.2) is 0 Å². The second kappa shape index (κ2) is 11.2. The van der Waals surface area contributed by atoms with Crippen molar-refractivity contribution in [3.05, 3.63) is 108 Å². The molecular formula is C27H27N5O2. The van der Waals surface area contributed by atoms with E-state index in [1.165, 1.54) is 17.3 Å². The van der Waals surface area contributed by atoms with Gasteiger partial charge in [-0.2, -0.15) is 0 Å². The van der Waals surface area contributed by atoms with Crippen LogP contribution in [0.25, 0.3) is 0 Å². The third-order valence-corrected chi connectivity index (χ3v) is 5.23. The van der Waals surface area contributed by atoms with E-state index in [1.807, 2.05) is 37.3 Å². The van der Waals surface area contributed by atoms with Crippen LogP contribution in [0.2, 0.25) is 0 Å². The molecule has 4 rings (SSSR count). The quantitative estimate of drug-likeness (QED) is 0.379. The van der Waals surface area contributed by atoms with Gasteiger partial charge in [-0.25, -0.2) is 15.0 Å². The molecule has 0 spiro atoms. The first-order valence-electron chi connectivity index (χ1n) is 11.1.